The van der Waals surface area contributed by atoms with E-state index in [-0.39, 0.29) is 24.0 Å². The van der Waals surface area contributed by atoms with E-state index in [1.165, 1.54) is 12.8 Å². The van der Waals surface area contributed by atoms with Crippen LogP contribution in [0.3, 0.4) is 0 Å². The lowest BCUT2D eigenvalue weighted by Gasteiger charge is -2.38. The van der Waals surface area contributed by atoms with Gasteiger partial charge in [-0.25, -0.2) is 0 Å². The van der Waals surface area contributed by atoms with Gasteiger partial charge < -0.3 is 20.2 Å². The van der Waals surface area contributed by atoms with Gasteiger partial charge in [-0.05, 0) is 38.8 Å². The van der Waals surface area contributed by atoms with Crippen LogP contribution in [0.4, 0.5) is 5.69 Å². The number of halogens is 1. The Morgan fingerprint density at radius 2 is 1.89 bits per heavy atom. The number of nitrogens with zero attached hydrogens (tertiary/aromatic N) is 4. The van der Waals surface area contributed by atoms with Crippen LogP contribution in [-0.2, 0) is 0 Å². The number of nitrogens with one attached hydrogen (secondary N) is 1. The maximum atomic E-state index is 10.1. The predicted molar refractivity (Wildman–Crippen MR) is 124 cm³/mol. The third-order valence-corrected chi connectivity index (χ3v) is 5.35. The highest BCUT2D eigenvalue weighted by Gasteiger charge is 2.30. The lowest BCUT2D eigenvalue weighted by atomic mass is 10.2. The summed E-state index contributed by atoms with van der Waals surface area (Å²) in [7, 11) is 1.86. The number of aliphatic imine (C=N–C) groups is 1. The Kier molecular flexibility index (Phi) is 8.47. The van der Waals surface area contributed by atoms with Crippen LogP contribution in [0.5, 0.6) is 5.75 Å². The van der Waals surface area contributed by atoms with Gasteiger partial charge in [-0.1, -0.05) is 12.1 Å². The van der Waals surface area contributed by atoms with Crippen molar-refractivity contribution >= 4 is 35.6 Å². The standard InChI is InChI=1S/C20H33N5O.HI/c1-16(2)25(17-8-9-17)11-10-22-20(21-3)24-14-12-23(13-15-24)18-6-4-5-7-19(18)26;/h4-7,16-17,26H,8-15H2,1-3H3,(H,21,22);1H. The van der Waals surface area contributed by atoms with Crippen molar-refractivity contribution in [1.29, 1.82) is 0 Å². The largest absolute Gasteiger partial charge is 0.506 e. The number of guanidine groups is 1. The van der Waals surface area contributed by atoms with Crippen LogP contribution >= 0.6 is 24.0 Å². The van der Waals surface area contributed by atoms with Crippen molar-refractivity contribution in [3.63, 3.8) is 0 Å². The fraction of sp³-hybridized carbons (Fsp3) is 0.650. The van der Waals surface area contributed by atoms with E-state index in [2.05, 4.69) is 38.9 Å². The summed E-state index contributed by atoms with van der Waals surface area (Å²) in [6, 6.07) is 8.97. The first-order valence-electron chi connectivity index (χ1n) is 9.84. The SMILES string of the molecule is CN=C(NCCN(C(C)C)C1CC1)N1CCN(c2ccccc2O)CC1.I. The smallest absolute Gasteiger partial charge is 0.193 e. The fourth-order valence-corrected chi connectivity index (χ4v) is 3.79. The van der Waals surface area contributed by atoms with Crippen molar-refractivity contribution in [3.8, 4) is 5.75 Å². The lowest BCUT2D eigenvalue weighted by molar-refractivity contribution is 0.214. The first-order valence-corrected chi connectivity index (χ1v) is 9.84. The van der Waals surface area contributed by atoms with Crippen molar-refractivity contribution < 1.29 is 5.11 Å². The quantitative estimate of drug-likeness (QED) is 0.367. The third kappa shape index (κ3) is 5.88. The van der Waals surface area contributed by atoms with Crippen molar-refractivity contribution in [2.24, 2.45) is 4.99 Å². The second-order valence-electron chi connectivity index (χ2n) is 7.50. The minimum atomic E-state index is 0. The van der Waals surface area contributed by atoms with Gasteiger partial charge in [-0.3, -0.25) is 9.89 Å². The van der Waals surface area contributed by atoms with E-state index >= 15 is 0 Å². The average molecular weight is 487 g/mol. The Hall–Kier alpha value is -1.22. The molecule has 3 rings (SSSR count). The normalized spacial score (nSPS) is 18.0. The number of rotatable bonds is 6. The molecule has 1 aromatic rings. The number of anilines is 1. The van der Waals surface area contributed by atoms with Gasteiger partial charge in [0.25, 0.3) is 0 Å². The molecule has 1 heterocycles. The van der Waals surface area contributed by atoms with Crippen molar-refractivity contribution in [1.82, 2.24) is 15.1 Å². The first kappa shape index (κ1) is 22.1. The van der Waals surface area contributed by atoms with E-state index in [4.69, 9.17) is 0 Å². The summed E-state index contributed by atoms with van der Waals surface area (Å²) in [6.45, 7) is 10.2. The molecule has 0 spiro atoms. The number of hydrogen-bond acceptors (Lipinski definition) is 4. The van der Waals surface area contributed by atoms with Crippen molar-refractivity contribution in [3.05, 3.63) is 24.3 Å². The van der Waals surface area contributed by atoms with Gasteiger partial charge in [0.1, 0.15) is 5.75 Å². The second-order valence-corrected chi connectivity index (χ2v) is 7.50. The molecular formula is C20H34IN5O. The van der Waals surface area contributed by atoms with E-state index in [9.17, 15) is 5.11 Å². The average Bonchev–Trinajstić information content (AvgIpc) is 3.47. The maximum Gasteiger partial charge on any atom is 0.193 e. The summed E-state index contributed by atoms with van der Waals surface area (Å²) in [6.07, 6.45) is 2.70. The van der Waals surface area contributed by atoms with E-state index < -0.39 is 0 Å². The van der Waals surface area contributed by atoms with E-state index in [1.54, 1.807) is 6.07 Å². The Labute approximate surface area is 180 Å². The molecule has 1 aliphatic carbocycles. The number of benzene rings is 1. The maximum absolute atomic E-state index is 10.1. The zero-order valence-corrected chi connectivity index (χ0v) is 19.1. The van der Waals surface area contributed by atoms with Crippen molar-refractivity contribution in [2.75, 3.05) is 51.2 Å². The molecule has 1 saturated heterocycles. The molecule has 0 aromatic heterocycles. The van der Waals surface area contributed by atoms with Gasteiger partial charge in [-0.15, -0.1) is 24.0 Å². The van der Waals surface area contributed by atoms with Crippen LogP contribution in [0, 0.1) is 0 Å². The Bertz CT molecular complexity index is 610. The molecule has 0 unspecified atom stereocenters. The summed E-state index contributed by atoms with van der Waals surface area (Å²) in [4.78, 5) is 11.6. The van der Waals surface area contributed by atoms with Crippen LogP contribution in [0.1, 0.15) is 26.7 Å². The molecule has 2 N–H and O–H groups in total. The minimum Gasteiger partial charge on any atom is -0.506 e. The molecule has 0 radical (unpaired) electrons. The number of hydrogen-bond donors (Lipinski definition) is 2. The summed E-state index contributed by atoms with van der Waals surface area (Å²) in [5, 5.41) is 13.6. The molecule has 1 saturated carbocycles. The van der Waals surface area contributed by atoms with Crippen LogP contribution < -0.4 is 10.2 Å². The first-order chi connectivity index (χ1) is 12.6. The Morgan fingerprint density at radius 1 is 1.22 bits per heavy atom. The lowest BCUT2D eigenvalue weighted by Crippen LogP contribution is -2.53. The number of aromatic hydroxyl groups is 1. The van der Waals surface area contributed by atoms with E-state index in [1.807, 2.05) is 25.2 Å². The highest BCUT2D eigenvalue weighted by atomic mass is 127. The van der Waals surface area contributed by atoms with Gasteiger partial charge in [0.2, 0.25) is 0 Å². The molecule has 152 valence electrons. The van der Waals surface area contributed by atoms with Crippen LogP contribution in [0.25, 0.3) is 0 Å². The molecule has 1 aliphatic heterocycles. The molecule has 0 amide bonds. The molecule has 0 atom stereocenters. The van der Waals surface area contributed by atoms with Gasteiger partial charge >= 0.3 is 0 Å². The van der Waals surface area contributed by atoms with Crippen LogP contribution in [0.2, 0.25) is 0 Å². The summed E-state index contributed by atoms with van der Waals surface area (Å²) in [5.74, 6) is 1.35. The molecule has 6 nitrogen and oxygen atoms in total. The molecule has 2 aliphatic rings. The molecule has 0 bridgehead atoms. The third-order valence-electron chi connectivity index (χ3n) is 5.35. The molecule has 7 heteroatoms. The van der Waals surface area contributed by atoms with E-state index in [0.717, 1.165) is 57.0 Å². The van der Waals surface area contributed by atoms with Gasteiger partial charge in [0.15, 0.2) is 5.96 Å². The highest BCUT2D eigenvalue weighted by Crippen LogP contribution is 2.28. The highest BCUT2D eigenvalue weighted by molar-refractivity contribution is 14.0. The van der Waals surface area contributed by atoms with Gasteiger partial charge in [0, 0.05) is 58.4 Å². The fourth-order valence-electron chi connectivity index (χ4n) is 3.79. The summed E-state index contributed by atoms with van der Waals surface area (Å²) >= 11 is 0. The number of piperazine rings is 1. The van der Waals surface area contributed by atoms with Gasteiger partial charge in [-0.2, -0.15) is 0 Å². The Morgan fingerprint density at radius 3 is 2.44 bits per heavy atom. The number of para-hydroxylation sites is 2. The molecule has 27 heavy (non-hydrogen) atoms. The molecule has 2 fully saturated rings. The van der Waals surface area contributed by atoms with Crippen LogP contribution in [-0.4, -0.2) is 79.3 Å². The summed E-state index contributed by atoms with van der Waals surface area (Å²) in [5.41, 5.74) is 0.923. The molecule has 1 aromatic carbocycles. The number of phenolic OH excluding ortho intramolecular Hbond substituents is 1. The van der Waals surface area contributed by atoms with E-state index in [0.29, 0.717) is 11.8 Å². The summed E-state index contributed by atoms with van der Waals surface area (Å²) < 4.78 is 0. The minimum absolute atomic E-state index is 0. The predicted octanol–water partition coefficient (Wildman–Crippen LogP) is 2.58. The number of phenols is 1. The van der Waals surface area contributed by atoms with Crippen molar-refractivity contribution in [2.45, 2.75) is 38.8 Å². The zero-order valence-electron chi connectivity index (χ0n) is 16.8. The van der Waals surface area contributed by atoms with Crippen LogP contribution in [0.15, 0.2) is 29.3 Å². The van der Waals surface area contributed by atoms with Gasteiger partial charge in [0.05, 0.1) is 5.69 Å². The zero-order chi connectivity index (χ0) is 18.5. The monoisotopic (exact) mass is 487 g/mol. The molecular weight excluding hydrogens is 453 g/mol. The topological polar surface area (TPSA) is 54.3 Å². The Balaban J connectivity index is 0.00000261. The second kappa shape index (κ2) is 10.4.